The number of ether oxygens (including phenoxy) is 1. The summed E-state index contributed by atoms with van der Waals surface area (Å²) in [4.78, 5) is 26.9. The van der Waals surface area contributed by atoms with Crippen LogP contribution in [0.25, 0.3) is 0 Å². The Hall–Kier alpha value is -4.11. The van der Waals surface area contributed by atoms with Gasteiger partial charge in [0, 0.05) is 61.6 Å². The highest BCUT2D eigenvalue weighted by Crippen LogP contribution is 2.29. The van der Waals surface area contributed by atoms with Crippen LogP contribution in [0.2, 0.25) is 0 Å². The molecule has 0 aromatic carbocycles. The predicted molar refractivity (Wildman–Crippen MR) is 138 cm³/mol. The minimum absolute atomic E-state index is 0.00464. The van der Waals surface area contributed by atoms with Crippen LogP contribution in [0.4, 0.5) is 30.6 Å². The maximum Gasteiger partial charge on any atom is 0.573 e. The van der Waals surface area contributed by atoms with Crippen LogP contribution < -0.4 is 20.7 Å². The third-order valence-electron chi connectivity index (χ3n) is 6.56. The summed E-state index contributed by atoms with van der Waals surface area (Å²) >= 11 is 0. The number of aliphatic hydroxyl groups is 1. The molecular weight excluding hydrogens is 533 g/mol. The first-order valence-corrected chi connectivity index (χ1v) is 12.7. The summed E-state index contributed by atoms with van der Waals surface area (Å²) in [6.45, 7) is 0.725. The average Bonchev–Trinajstić information content (AvgIpc) is 2.94. The van der Waals surface area contributed by atoms with Crippen molar-refractivity contribution in [1.82, 2.24) is 25.3 Å². The number of halogens is 3. The molecule has 0 saturated heterocycles. The summed E-state index contributed by atoms with van der Waals surface area (Å²) in [6.07, 6.45) is 4.74. The van der Waals surface area contributed by atoms with Gasteiger partial charge in [0.1, 0.15) is 11.9 Å². The Balaban J connectivity index is 1.29. The monoisotopic (exact) mass is 562 g/mol. The Morgan fingerprint density at radius 1 is 1.10 bits per heavy atom. The van der Waals surface area contributed by atoms with Crippen molar-refractivity contribution >= 4 is 17.5 Å². The largest absolute Gasteiger partial charge is 0.573 e. The van der Waals surface area contributed by atoms with Crippen molar-refractivity contribution in [3.63, 3.8) is 0 Å². The first-order valence-electron chi connectivity index (χ1n) is 12.7. The van der Waals surface area contributed by atoms with E-state index in [0.29, 0.717) is 13.1 Å². The number of nitrogens with zero attached hydrogens (tertiary/aromatic N) is 5. The number of nitrogens with one attached hydrogen (secondary N) is 3. The highest BCUT2D eigenvalue weighted by molar-refractivity contribution is 5.57. The molecule has 1 aliphatic carbocycles. The Morgan fingerprint density at radius 2 is 1.88 bits per heavy atom. The van der Waals surface area contributed by atoms with Crippen molar-refractivity contribution < 1.29 is 27.9 Å². The van der Waals surface area contributed by atoms with Crippen LogP contribution in [0.3, 0.4) is 0 Å². The molecule has 214 valence electrons. The zero-order valence-corrected chi connectivity index (χ0v) is 21.3. The van der Waals surface area contributed by atoms with Crippen molar-refractivity contribution in [2.75, 3.05) is 23.7 Å². The van der Waals surface area contributed by atoms with E-state index in [9.17, 15) is 28.4 Å². The van der Waals surface area contributed by atoms with Crippen molar-refractivity contribution in [3.05, 3.63) is 70.4 Å². The van der Waals surface area contributed by atoms with Crippen molar-refractivity contribution in [2.45, 2.75) is 50.7 Å². The molecule has 15 heteroatoms. The maximum atomic E-state index is 12.7. The number of aromatic nitrogens is 4. The van der Waals surface area contributed by atoms with Crippen LogP contribution in [-0.4, -0.2) is 55.5 Å². The molecule has 3 heterocycles. The molecule has 0 radical (unpaired) electrons. The topological polar surface area (TPSA) is 160 Å². The molecule has 0 bridgehead atoms. The van der Waals surface area contributed by atoms with Gasteiger partial charge in [0.05, 0.1) is 11.0 Å². The molecule has 12 nitrogen and oxygen atoms in total. The lowest BCUT2D eigenvalue weighted by atomic mass is 9.86. The fourth-order valence-corrected chi connectivity index (χ4v) is 4.45. The zero-order valence-electron chi connectivity index (χ0n) is 21.3. The van der Waals surface area contributed by atoms with Gasteiger partial charge in [-0.1, -0.05) is 6.07 Å². The number of nitro groups is 1. The van der Waals surface area contributed by atoms with E-state index in [1.807, 2.05) is 6.07 Å². The van der Waals surface area contributed by atoms with Crippen molar-refractivity contribution in [1.29, 1.82) is 0 Å². The van der Waals surface area contributed by atoms with Gasteiger partial charge in [0.15, 0.2) is 0 Å². The molecule has 0 amide bonds. The van der Waals surface area contributed by atoms with Crippen LogP contribution in [-0.2, 0) is 6.54 Å². The summed E-state index contributed by atoms with van der Waals surface area (Å²) < 4.78 is 42.0. The quantitative estimate of drug-likeness (QED) is 0.187. The number of rotatable bonds is 12. The normalized spacial score (nSPS) is 18.1. The standard InChI is InChI=1S/C25H29F3N8O4/c26-25(27,28)40-22-7-9-30-12-18(22)13-33-24-34-14-20(36(38)39)23(35-24)32-10-16-3-5-19(6-4-16)31-15-21(37)17-2-1-8-29-11-17/h1-2,7-9,11-12,14,16,19,21,31,37H,3-6,10,13,15H2,(H2,32,33,34,35)/t16?,19?,21-/m1/s1. The number of aliphatic hydroxyl groups excluding tert-OH is 1. The molecule has 0 spiro atoms. The average molecular weight is 563 g/mol. The lowest BCUT2D eigenvalue weighted by Gasteiger charge is -2.30. The molecule has 3 aromatic rings. The molecule has 4 rings (SSSR count). The van der Waals surface area contributed by atoms with E-state index in [1.54, 1.807) is 18.5 Å². The zero-order chi connectivity index (χ0) is 28.5. The van der Waals surface area contributed by atoms with E-state index in [4.69, 9.17) is 0 Å². The lowest BCUT2D eigenvalue weighted by molar-refractivity contribution is -0.384. The molecule has 3 aromatic heterocycles. The van der Waals surface area contributed by atoms with Crippen LogP contribution in [0, 0.1) is 16.0 Å². The Kier molecular flexibility index (Phi) is 9.60. The predicted octanol–water partition coefficient (Wildman–Crippen LogP) is 3.98. The lowest BCUT2D eigenvalue weighted by Crippen LogP contribution is -2.37. The molecule has 1 atom stereocenters. The summed E-state index contributed by atoms with van der Waals surface area (Å²) in [5.74, 6) is -0.160. The van der Waals surface area contributed by atoms with Gasteiger partial charge < -0.3 is 25.8 Å². The van der Waals surface area contributed by atoms with Crippen LogP contribution in [0.1, 0.15) is 42.9 Å². The highest BCUT2D eigenvalue weighted by atomic mass is 19.4. The van der Waals surface area contributed by atoms with E-state index < -0.39 is 23.1 Å². The first kappa shape index (κ1) is 28.9. The fraction of sp³-hybridized carbons (Fsp3) is 0.440. The summed E-state index contributed by atoms with van der Waals surface area (Å²) in [7, 11) is 0. The number of pyridine rings is 2. The van der Waals surface area contributed by atoms with Crippen molar-refractivity contribution in [3.8, 4) is 5.75 Å². The van der Waals surface area contributed by atoms with Gasteiger partial charge in [-0.3, -0.25) is 20.1 Å². The number of alkyl halides is 3. The molecule has 1 saturated carbocycles. The van der Waals surface area contributed by atoms with E-state index in [0.717, 1.165) is 43.5 Å². The Labute approximate surface area is 227 Å². The first-order chi connectivity index (χ1) is 19.2. The van der Waals surface area contributed by atoms with Crippen LogP contribution in [0.5, 0.6) is 5.75 Å². The fourth-order valence-electron chi connectivity index (χ4n) is 4.45. The number of anilines is 2. The molecular formula is C25H29F3N8O4. The summed E-state index contributed by atoms with van der Waals surface area (Å²) in [5, 5.41) is 31.1. The molecule has 1 fully saturated rings. The van der Waals surface area contributed by atoms with Crippen LogP contribution >= 0.6 is 0 Å². The van der Waals surface area contributed by atoms with E-state index in [1.165, 1.54) is 12.4 Å². The Bertz CT molecular complexity index is 1260. The maximum absolute atomic E-state index is 12.7. The van der Waals surface area contributed by atoms with E-state index >= 15 is 0 Å². The van der Waals surface area contributed by atoms with E-state index in [2.05, 4.69) is 40.6 Å². The van der Waals surface area contributed by atoms with Gasteiger partial charge in [-0.25, -0.2) is 4.98 Å². The van der Waals surface area contributed by atoms with Gasteiger partial charge >= 0.3 is 12.0 Å². The molecule has 1 aliphatic rings. The van der Waals surface area contributed by atoms with Crippen molar-refractivity contribution in [2.24, 2.45) is 5.92 Å². The third-order valence-corrected chi connectivity index (χ3v) is 6.56. The smallest absolute Gasteiger partial charge is 0.405 e. The molecule has 4 N–H and O–H groups in total. The SMILES string of the molecule is O=[N+]([O-])c1cnc(NCc2cnccc2OC(F)(F)F)nc1NCC1CCC(NC[C@@H](O)c2cccnc2)CC1. The second-order valence-corrected chi connectivity index (χ2v) is 9.38. The molecule has 0 unspecified atom stereocenters. The van der Waals surface area contributed by atoms with E-state index in [-0.39, 0.29) is 41.5 Å². The molecule has 0 aliphatic heterocycles. The third kappa shape index (κ3) is 8.44. The number of hydrogen-bond acceptors (Lipinski definition) is 11. The summed E-state index contributed by atoms with van der Waals surface area (Å²) in [5.41, 5.74) is 0.547. The minimum atomic E-state index is -4.87. The minimum Gasteiger partial charge on any atom is -0.405 e. The second-order valence-electron chi connectivity index (χ2n) is 9.38. The second kappa shape index (κ2) is 13.3. The summed E-state index contributed by atoms with van der Waals surface area (Å²) in [6, 6.07) is 4.95. The van der Waals surface area contributed by atoms with Gasteiger partial charge in [-0.05, 0) is 43.7 Å². The van der Waals surface area contributed by atoms with Gasteiger partial charge in [-0.15, -0.1) is 13.2 Å². The Morgan fingerprint density at radius 3 is 2.58 bits per heavy atom. The van der Waals surface area contributed by atoms with Crippen LogP contribution in [0.15, 0.2) is 49.2 Å². The highest BCUT2D eigenvalue weighted by Gasteiger charge is 2.32. The van der Waals surface area contributed by atoms with Gasteiger partial charge in [-0.2, -0.15) is 4.98 Å². The number of hydrogen-bond donors (Lipinski definition) is 4. The van der Waals surface area contributed by atoms with Gasteiger partial charge in [0.25, 0.3) is 0 Å². The van der Waals surface area contributed by atoms with Gasteiger partial charge in [0.2, 0.25) is 11.8 Å². The molecule has 40 heavy (non-hydrogen) atoms.